The SMILES string of the molecule is [CH2]n1ccc(N)c1. The number of anilines is 1. The van der Waals surface area contributed by atoms with Crippen LogP contribution in [0.4, 0.5) is 5.69 Å². The van der Waals surface area contributed by atoms with Crippen LogP contribution in [0.15, 0.2) is 18.5 Å². The lowest BCUT2D eigenvalue weighted by Crippen LogP contribution is -1.78. The monoisotopic (exact) mass is 95.1 g/mol. The van der Waals surface area contributed by atoms with E-state index in [2.05, 4.69) is 7.05 Å². The summed E-state index contributed by atoms with van der Waals surface area (Å²) in [6, 6.07) is 1.80. The lowest BCUT2D eigenvalue weighted by molar-refractivity contribution is 1.09. The van der Waals surface area contributed by atoms with Gasteiger partial charge in [0.2, 0.25) is 0 Å². The highest BCUT2D eigenvalue weighted by Gasteiger charge is 1.80. The zero-order valence-corrected chi connectivity index (χ0v) is 3.96. The van der Waals surface area contributed by atoms with E-state index in [0.29, 0.717) is 0 Å². The summed E-state index contributed by atoms with van der Waals surface area (Å²) >= 11 is 0. The van der Waals surface area contributed by atoms with Crippen molar-refractivity contribution in [1.82, 2.24) is 4.57 Å². The van der Waals surface area contributed by atoms with Crippen molar-refractivity contribution in [3.05, 3.63) is 25.5 Å². The quantitative estimate of drug-likeness (QED) is 0.505. The van der Waals surface area contributed by atoms with Crippen LogP contribution in [-0.4, -0.2) is 4.57 Å². The highest BCUT2D eigenvalue weighted by atomic mass is 14.9. The fourth-order valence-electron chi connectivity index (χ4n) is 0.459. The van der Waals surface area contributed by atoms with Gasteiger partial charge in [0.1, 0.15) is 0 Å². The van der Waals surface area contributed by atoms with Crippen molar-refractivity contribution in [2.75, 3.05) is 5.73 Å². The number of aromatic nitrogens is 1. The molecule has 2 nitrogen and oxygen atoms in total. The van der Waals surface area contributed by atoms with Crippen LogP contribution in [-0.2, 0) is 0 Å². The maximum atomic E-state index is 5.32. The third-order valence-corrected chi connectivity index (χ3v) is 0.773. The summed E-state index contributed by atoms with van der Waals surface area (Å²) in [5, 5.41) is 0. The van der Waals surface area contributed by atoms with Gasteiger partial charge in [0, 0.05) is 25.1 Å². The Morgan fingerprint density at radius 3 is 2.57 bits per heavy atom. The number of rotatable bonds is 0. The molecule has 37 valence electrons. The predicted octanol–water partition coefficient (Wildman–Crippen LogP) is 0.710. The second-order valence-corrected chi connectivity index (χ2v) is 1.46. The van der Waals surface area contributed by atoms with Crippen LogP contribution in [0, 0.1) is 7.05 Å². The van der Waals surface area contributed by atoms with E-state index >= 15 is 0 Å². The van der Waals surface area contributed by atoms with E-state index in [1.54, 1.807) is 23.0 Å². The fourth-order valence-corrected chi connectivity index (χ4v) is 0.459. The Morgan fingerprint density at radius 2 is 2.43 bits per heavy atom. The minimum Gasteiger partial charge on any atom is -0.398 e. The Balaban J connectivity index is 3.04. The van der Waals surface area contributed by atoms with E-state index in [4.69, 9.17) is 5.73 Å². The number of nitrogens with zero attached hydrogens (tertiary/aromatic N) is 1. The molecule has 0 unspecified atom stereocenters. The van der Waals surface area contributed by atoms with Gasteiger partial charge < -0.3 is 10.3 Å². The van der Waals surface area contributed by atoms with Gasteiger partial charge in [0.25, 0.3) is 0 Å². The molecule has 0 fully saturated rings. The molecule has 2 heteroatoms. The molecule has 1 aromatic rings. The van der Waals surface area contributed by atoms with Crippen LogP contribution in [0.3, 0.4) is 0 Å². The molecule has 1 heterocycles. The number of hydrogen-bond acceptors (Lipinski definition) is 1. The molecule has 0 aliphatic carbocycles. The van der Waals surface area contributed by atoms with Crippen LogP contribution < -0.4 is 5.73 Å². The molecule has 2 N–H and O–H groups in total. The van der Waals surface area contributed by atoms with Gasteiger partial charge in [0.05, 0.1) is 0 Å². The molecule has 0 aliphatic rings. The fraction of sp³-hybridized carbons (Fsp3) is 0. The van der Waals surface area contributed by atoms with Gasteiger partial charge in [0.15, 0.2) is 0 Å². The average molecular weight is 95.1 g/mol. The average Bonchev–Trinajstić information content (AvgIpc) is 1.87. The molecule has 0 bridgehead atoms. The van der Waals surface area contributed by atoms with Crippen molar-refractivity contribution in [2.24, 2.45) is 0 Å². The van der Waals surface area contributed by atoms with Crippen molar-refractivity contribution in [1.29, 1.82) is 0 Å². The normalized spacial score (nSPS) is 9.29. The van der Waals surface area contributed by atoms with Gasteiger partial charge >= 0.3 is 0 Å². The summed E-state index contributed by atoms with van der Waals surface area (Å²) in [7, 11) is 3.58. The number of nitrogen functional groups attached to an aromatic ring is 1. The molecule has 0 aromatic carbocycles. The van der Waals surface area contributed by atoms with Gasteiger partial charge in [-0.2, -0.15) is 0 Å². The van der Waals surface area contributed by atoms with Gasteiger partial charge in [-0.05, 0) is 6.07 Å². The molecule has 7 heavy (non-hydrogen) atoms. The summed E-state index contributed by atoms with van der Waals surface area (Å²) in [5.41, 5.74) is 6.08. The van der Waals surface area contributed by atoms with E-state index in [9.17, 15) is 0 Å². The van der Waals surface area contributed by atoms with Crippen molar-refractivity contribution in [2.45, 2.75) is 0 Å². The van der Waals surface area contributed by atoms with Gasteiger partial charge in [-0.15, -0.1) is 0 Å². The predicted molar refractivity (Wildman–Crippen MR) is 29.6 cm³/mol. The summed E-state index contributed by atoms with van der Waals surface area (Å²) in [5.74, 6) is 0. The first-order chi connectivity index (χ1) is 3.29. The second-order valence-electron chi connectivity index (χ2n) is 1.46. The van der Waals surface area contributed by atoms with Crippen molar-refractivity contribution in [3.8, 4) is 0 Å². The molecule has 1 radical (unpaired) electrons. The van der Waals surface area contributed by atoms with Crippen LogP contribution >= 0.6 is 0 Å². The molecule has 0 saturated carbocycles. The van der Waals surface area contributed by atoms with Crippen molar-refractivity contribution < 1.29 is 0 Å². The smallest absolute Gasteiger partial charge is 0.0493 e. The Bertz CT molecular complexity index is 138. The molecule has 0 saturated heterocycles. The Labute approximate surface area is 42.6 Å². The Morgan fingerprint density at radius 1 is 1.71 bits per heavy atom. The van der Waals surface area contributed by atoms with E-state index in [0.717, 1.165) is 5.69 Å². The van der Waals surface area contributed by atoms with Crippen LogP contribution in [0.1, 0.15) is 0 Å². The first-order valence-electron chi connectivity index (χ1n) is 2.03. The van der Waals surface area contributed by atoms with Crippen molar-refractivity contribution >= 4 is 5.69 Å². The molecule has 1 aromatic heterocycles. The lowest BCUT2D eigenvalue weighted by atomic mass is 10.6. The molecular weight excluding hydrogens is 88.1 g/mol. The number of hydrogen-bond donors (Lipinski definition) is 1. The minimum absolute atomic E-state index is 0.759. The van der Waals surface area contributed by atoms with E-state index < -0.39 is 0 Å². The van der Waals surface area contributed by atoms with Gasteiger partial charge in [-0.3, -0.25) is 0 Å². The third kappa shape index (κ3) is 0.738. The largest absolute Gasteiger partial charge is 0.398 e. The summed E-state index contributed by atoms with van der Waals surface area (Å²) in [6.45, 7) is 0. The van der Waals surface area contributed by atoms with E-state index in [1.165, 1.54) is 0 Å². The lowest BCUT2D eigenvalue weighted by Gasteiger charge is -1.80. The highest BCUT2D eigenvalue weighted by Crippen LogP contribution is 1.98. The van der Waals surface area contributed by atoms with Gasteiger partial charge in [-0.25, -0.2) is 0 Å². The molecule has 0 atom stereocenters. The summed E-state index contributed by atoms with van der Waals surface area (Å²) in [4.78, 5) is 0. The van der Waals surface area contributed by atoms with Crippen LogP contribution in [0.5, 0.6) is 0 Å². The maximum absolute atomic E-state index is 5.32. The molecule has 0 aliphatic heterocycles. The van der Waals surface area contributed by atoms with E-state index in [1.807, 2.05) is 0 Å². The maximum Gasteiger partial charge on any atom is 0.0493 e. The first-order valence-corrected chi connectivity index (χ1v) is 2.03. The summed E-state index contributed by atoms with van der Waals surface area (Å²) in [6.07, 6.45) is 3.55. The van der Waals surface area contributed by atoms with Crippen LogP contribution in [0.2, 0.25) is 0 Å². The van der Waals surface area contributed by atoms with Crippen LogP contribution in [0.25, 0.3) is 0 Å². The van der Waals surface area contributed by atoms with Gasteiger partial charge in [-0.1, -0.05) is 0 Å². The van der Waals surface area contributed by atoms with E-state index in [-0.39, 0.29) is 0 Å². The molecule has 0 amide bonds. The second kappa shape index (κ2) is 1.30. The number of nitrogens with two attached hydrogens (primary N) is 1. The Kier molecular flexibility index (Phi) is 0.785. The highest BCUT2D eigenvalue weighted by molar-refractivity contribution is 5.34. The molecule has 1 rings (SSSR count). The third-order valence-electron chi connectivity index (χ3n) is 0.773. The zero-order chi connectivity index (χ0) is 5.28. The first kappa shape index (κ1) is 4.24. The topological polar surface area (TPSA) is 30.9 Å². The Hall–Kier alpha value is -0.920. The zero-order valence-electron chi connectivity index (χ0n) is 3.96. The minimum atomic E-state index is 0.759. The molecular formula is C5H7N2. The molecule has 0 spiro atoms. The standard InChI is InChI=1S/C5H7N2/c1-7-3-2-5(6)4-7/h2-4H,1,6H2. The summed E-state index contributed by atoms with van der Waals surface area (Å²) < 4.78 is 1.66. The van der Waals surface area contributed by atoms with Crippen molar-refractivity contribution in [3.63, 3.8) is 0 Å².